The Hall–Kier alpha value is -4.04. The number of amides is 1. The molecule has 3 N–H and O–H groups in total. The average molecular weight is 481 g/mol. The van der Waals surface area contributed by atoms with Gasteiger partial charge in [0.15, 0.2) is 0 Å². The van der Waals surface area contributed by atoms with Crippen LogP contribution in [0, 0.1) is 5.53 Å². The van der Waals surface area contributed by atoms with Crippen LogP contribution >= 0.6 is 12.4 Å². The lowest BCUT2D eigenvalue weighted by Gasteiger charge is -2.26. The Balaban J connectivity index is 0.00000324. The first-order valence-corrected chi connectivity index (χ1v) is 10.2. The van der Waals surface area contributed by atoms with Gasteiger partial charge in [0.25, 0.3) is 11.9 Å². The maximum atomic E-state index is 12.1. The molecule has 4 rings (SSSR count). The zero-order chi connectivity index (χ0) is 23.9. The van der Waals surface area contributed by atoms with E-state index in [2.05, 4.69) is 5.11 Å². The van der Waals surface area contributed by atoms with Crippen LogP contribution in [0.3, 0.4) is 0 Å². The molecule has 1 amide bonds. The molecule has 1 aliphatic heterocycles. The molecular weight excluding hydrogens is 456 g/mol. The maximum absolute atomic E-state index is 12.1. The highest BCUT2D eigenvalue weighted by molar-refractivity contribution is 5.95. The first-order valence-electron chi connectivity index (χ1n) is 10.2. The van der Waals surface area contributed by atoms with Crippen LogP contribution in [-0.2, 0) is 0 Å². The molecule has 0 bridgehead atoms. The molecular formula is C25H25ClN4O4. The lowest BCUT2D eigenvalue weighted by molar-refractivity contribution is 0.0990. The van der Waals surface area contributed by atoms with E-state index in [0.717, 1.165) is 22.5 Å². The largest absolute Gasteiger partial charge is 0.481 e. The number of nitrogens with zero attached hydrogens (tertiary/aromatic N) is 3. The van der Waals surface area contributed by atoms with Crippen molar-refractivity contribution in [3.63, 3.8) is 0 Å². The first kappa shape index (κ1) is 24.6. The Morgan fingerprint density at radius 1 is 0.853 bits per heavy atom. The van der Waals surface area contributed by atoms with Crippen LogP contribution in [0.4, 0.5) is 11.4 Å². The Morgan fingerprint density at radius 3 is 1.82 bits per heavy atom. The highest BCUT2D eigenvalue weighted by Crippen LogP contribution is 2.44. The predicted molar refractivity (Wildman–Crippen MR) is 134 cm³/mol. The minimum atomic E-state index is -0.872. The Bertz CT molecular complexity index is 1350. The zero-order valence-corrected chi connectivity index (χ0v) is 20.0. The monoisotopic (exact) mass is 480 g/mol. The number of aliphatic hydroxyl groups excluding tert-OH is 1. The Kier molecular flexibility index (Phi) is 6.83. The molecule has 0 aromatic heterocycles. The van der Waals surface area contributed by atoms with Gasteiger partial charge in [-0.25, -0.2) is 5.53 Å². The number of ether oxygens (including phenoxy) is 1. The van der Waals surface area contributed by atoms with E-state index in [9.17, 15) is 15.0 Å². The van der Waals surface area contributed by atoms with Crippen LogP contribution in [0.25, 0.3) is 11.5 Å². The van der Waals surface area contributed by atoms with E-state index < -0.39 is 11.9 Å². The number of halogens is 1. The van der Waals surface area contributed by atoms with Crippen LogP contribution < -0.4 is 25.0 Å². The van der Waals surface area contributed by atoms with Gasteiger partial charge in [-0.05, 0) is 47.7 Å². The molecule has 0 fully saturated rings. The summed E-state index contributed by atoms with van der Waals surface area (Å²) in [6.07, 6.45) is 0. The summed E-state index contributed by atoms with van der Waals surface area (Å²) in [7, 11) is 7.74. The fraction of sp³-hybridized carbons (Fsp3) is 0.160. The number of rotatable bonds is 3. The van der Waals surface area contributed by atoms with Gasteiger partial charge in [-0.15, -0.1) is 17.5 Å². The Morgan fingerprint density at radius 2 is 1.38 bits per heavy atom. The number of hydrogen-bond donors (Lipinski definition) is 3. The summed E-state index contributed by atoms with van der Waals surface area (Å²) < 4.78 is 6.29. The highest BCUT2D eigenvalue weighted by atomic mass is 35.5. The second-order valence-electron chi connectivity index (χ2n) is 8.13. The second-order valence-corrected chi connectivity index (χ2v) is 8.13. The Labute approximate surface area is 202 Å². The SMILES string of the molecule is CN(C)c1ccc2c(c1)Oc1cc(N(C)C)ccc1C2=c1cc(C(=O)N=N)ccc1=C(O)O.Cl. The zero-order valence-electron chi connectivity index (χ0n) is 19.2. The normalized spacial score (nSPS) is 11.4. The van der Waals surface area contributed by atoms with Gasteiger partial charge in [-0.1, -0.05) is 0 Å². The summed E-state index contributed by atoms with van der Waals surface area (Å²) in [5.41, 5.74) is 11.3. The standard InChI is InChI=1S/C25H24N4O4.ClH/c1-28(2)15-6-9-18-21(12-15)33-22-13-16(29(3)4)7-10-19(22)23(18)20-11-14(24(30)27-26)5-8-17(20)25(31)32;/h5-13,26,31-32H,1-4H3;1H. The molecule has 0 aliphatic carbocycles. The van der Waals surface area contributed by atoms with Gasteiger partial charge in [-0.3, -0.25) is 4.79 Å². The molecule has 3 aromatic carbocycles. The molecule has 8 nitrogen and oxygen atoms in total. The van der Waals surface area contributed by atoms with Crippen molar-refractivity contribution in [1.82, 2.24) is 0 Å². The van der Waals surface area contributed by atoms with E-state index in [1.807, 2.05) is 74.4 Å². The minimum Gasteiger partial charge on any atom is -0.481 e. The number of anilines is 2. The molecule has 3 aromatic rings. The summed E-state index contributed by atoms with van der Waals surface area (Å²) in [6, 6.07) is 15.9. The van der Waals surface area contributed by atoms with E-state index in [-0.39, 0.29) is 23.2 Å². The van der Waals surface area contributed by atoms with Crippen molar-refractivity contribution < 1.29 is 19.7 Å². The number of carbonyl (C=O) groups excluding carboxylic acids is 1. The van der Waals surface area contributed by atoms with E-state index in [0.29, 0.717) is 22.3 Å². The van der Waals surface area contributed by atoms with Crippen LogP contribution in [-0.4, -0.2) is 44.3 Å². The highest BCUT2D eigenvalue weighted by Gasteiger charge is 2.25. The van der Waals surface area contributed by atoms with E-state index >= 15 is 0 Å². The lowest BCUT2D eigenvalue weighted by atomic mass is 9.90. The first-order chi connectivity index (χ1) is 15.7. The predicted octanol–water partition coefficient (Wildman–Crippen LogP) is 3.95. The molecule has 34 heavy (non-hydrogen) atoms. The molecule has 0 spiro atoms. The molecule has 0 radical (unpaired) electrons. The van der Waals surface area contributed by atoms with Crippen LogP contribution in [0.1, 0.15) is 21.5 Å². The van der Waals surface area contributed by atoms with Crippen LogP contribution in [0.2, 0.25) is 0 Å². The summed E-state index contributed by atoms with van der Waals surface area (Å²) in [5.74, 6) is -0.391. The number of nitrogens with one attached hydrogen (secondary N) is 1. The van der Waals surface area contributed by atoms with Gasteiger partial charge in [0.05, 0.1) is 5.22 Å². The van der Waals surface area contributed by atoms with E-state index in [1.165, 1.54) is 18.2 Å². The van der Waals surface area contributed by atoms with Crippen LogP contribution in [0.5, 0.6) is 11.5 Å². The van der Waals surface area contributed by atoms with Crippen molar-refractivity contribution in [3.05, 3.63) is 81.7 Å². The summed E-state index contributed by atoms with van der Waals surface area (Å²) in [6.45, 7) is 0. The summed E-state index contributed by atoms with van der Waals surface area (Å²) >= 11 is 0. The summed E-state index contributed by atoms with van der Waals surface area (Å²) in [4.78, 5) is 16.1. The number of fused-ring (bicyclic) bond motifs is 2. The van der Waals surface area contributed by atoms with Crippen molar-refractivity contribution >= 4 is 41.2 Å². The fourth-order valence-corrected chi connectivity index (χ4v) is 3.86. The molecule has 176 valence electrons. The third kappa shape index (κ3) is 4.27. The molecule has 0 unspecified atom stereocenters. The number of hydrogen-bond acceptors (Lipinski definition) is 7. The van der Waals surface area contributed by atoms with Gasteiger partial charge in [-0.2, -0.15) is 0 Å². The van der Waals surface area contributed by atoms with E-state index in [1.54, 1.807) is 0 Å². The molecule has 1 heterocycles. The van der Waals surface area contributed by atoms with Crippen LogP contribution in [0.15, 0.2) is 59.7 Å². The molecule has 1 aliphatic rings. The molecule has 0 atom stereocenters. The molecule has 0 saturated heterocycles. The minimum absolute atomic E-state index is 0. The van der Waals surface area contributed by atoms with E-state index in [4.69, 9.17) is 10.3 Å². The van der Waals surface area contributed by atoms with Crippen molar-refractivity contribution in [2.75, 3.05) is 38.0 Å². The maximum Gasteiger partial charge on any atom is 0.294 e. The topological polar surface area (TPSA) is 109 Å². The summed E-state index contributed by atoms with van der Waals surface area (Å²) in [5, 5.41) is 23.6. The molecule has 9 heteroatoms. The number of carbonyl (C=O) groups is 1. The van der Waals surface area contributed by atoms with Gasteiger partial charge < -0.3 is 24.7 Å². The fourth-order valence-electron chi connectivity index (χ4n) is 3.86. The van der Waals surface area contributed by atoms with Gasteiger partial charge in [0.1, 0.15) is 11.5 Å². The van der Waals surface area contributed by atoms with Crippen molar-refractivity contribution in [1.29, 1.82) is 5.53 Å². The van der Waals surface area contributed by atoms with Gasteiger partial charge >= 0.3 is 0 Å². The van der Waals surface area contributed by atoms with Crippen molar-refractivity contribution in [3.8, 4) is 11.5 Å². The lowest BCUT2D eigenvalue weighted by Crippen LogP contribution is -2.32. The average Bonchev–Trinajstić information content (AvgIpc) is 2.80. The third-order valence-corrected chi connectivity index (χ3v) is 5.60. The van der Waals surface area contributed by atoms with Gasteiger partial charge in [0, 0.05) is 74.0 Å². The smallest absolute Gasteiger partial charge is 0.294 e. The number of aliphatic hydroxyl groups is 2. The number of benzene rings is 3. The quantitative estimate of drug-likeness (QED) is 0.383. The van der Waals surface area contributed by atoms with Crippen molar-refractivity contribution in [2.24, 2.45) is 5.11 Å². The van der Waals surface area contributed by atoms with Crippen molar-refractivity contribution in [2.45, 2.75) is 0 Å². The second kappa shape index (κ2) is 9.44. The third-order valence-electron chi connectivity index (χ3n) is 5.60. The molecule has 0 saturated carbocycles. The van der Waals surface area contributed by atoms with Gasteiger partial charge in [0.2, 0.25) is 0 Å².